The van der Waals surface area contributed by atoms with E-state index in [0.29, 0.717) is 30.6 Å². The lowest BCUT2D eigenvalue weighted by atomic mass is 9.92. The minimum absolute atomic E-state index is 0.0139. The van der Waals surface area contributed by atoms with Crippen LogP contribution in [-0.2, 0) is 4.74 Å². The van der Waals surface area contributed by atoms with Crippen molar-refractivity contribution in [2.45, 2.75) is 103 Å². The average Bonchev–Trinajstić information content (AvgIpc) is 3.03. The molecule has 1 unspecified atom stereocenters. The van der Waals surface area contributed by atoms with Gasteiger partial charge in [0.25, 0.3) is 0 Å². The molecule has 0 aromatic heterocycles. The first kappa shape index (κ1) is 35.7. The van der Waals surface area contributed by atoms with E-state index in [1.54, 1.807) is 24.3 Å². The Hall–Kier alpha value is -3.81. The van der Waals surface area contributed by atoms with E-state index < -0.39 is 24.2 Å². The number of aromatic carboxylic acids is 1. The molecular formula is C37H45F3O5. The third-order valence-corrected chi connectivity index (χ3v) is 7.81. The third kappa shape index (κ3) is 11.6. The molecule has 45 heavy (non-hydrogen) atoms. The summed E-state index contributed by atoms with van der Waals surface area (Å²) in [6.45, 7) is 4.82. The second kappa shape index (κ2) is 18.2. The molecule has 0 radical (unpaired) electrons. The highest BCUT2D eigenvalue weighted by molar-refractivity contribution is 5.94. The maximum Gasteiger partial charge on any atom is 0.425 e. The first-order chi connectivity index (χ1) is 21.6. The Morgan fingerprint density at radius 3 is 1.82 bits per heavy atom. The van der Waals surface area contributed by atoms with Crippen LogP contribution in [0.1, 0.15) is 112 Å². The van der Waals surface area contributed by atoms with Gasteiger partial charge in [0.15, 0.2) is 6.10 Å². The minimum atomic E-state index is -4.65. The molecule has 0 aliphatic heterocycles. The maximum absolute atomic E-state index is 13.5. The number of hydrogen-bond acceptors (Lipinski definition) is 4. The fourth-order valence-corrected chi connectivity index (χ4v) is 5.18. The molecule has 0 bridgehead atoms. The summed E-state index contributed by atoms with van der Waals surface area (Å²) in [4.78, 5) is 24.4. The highest BCUT2D eigenvalue weighted by Crippen LogP contribution is 2.35. The molecule has 244 valence electrons. The summed E-state index contributed by atoms with van der Waals surface area (Å²) in [5.41, 5.74) is 2.89. The topological polar surface area (TPSA) is 72.8 Å². The molecule has 0 heterocycles. The second-order valence-corrected chi connectivity index (χ2v) is 11.4. The maximum atomic E-state index is 13.5. The molecule has 0 aliphatic rings. The fraction of sp³-hybridized carbons (Fsp3) is 0.459. The number of carbonyl (C=O) groups excluding carboxylic acids is 1. The molecule has 3 aromatic carbocycles. The SMILES string of the molecule is CCCCCCCCCOc1ccc(-c2ccc(C(=O)O)cc2-c2ccc(C(=O)OC(CCCCCC)C(F)(F)F)cc2)cc1. The van der Waals surface area contributed by atoms with Gasteiger partial charge in [0, 0.05) is 0 Å². The van der Waals surface area contributed by atoms with E-state index in [-0.39, 0.29) is 17.5 Å². The van der Waals surface area contributed by atoms with Crippen LogP contribution in [0.5, 0.6) is 5.75 Å². The quantitative estimate of drug-likeness (QED) is 0.106. The predicted molar refractivity (Wildman–Crippen MR) is 172 cm³/mol. The molecule has 0 saturated heterocycles. The van der Waals surface area contributed by atoms with Crippen LogP contribution >= 0.6 is 0 Å². The van der Waals surface area contributed by atoms with Crippen molar-refractivity contribution in [1.29, 1.82) is 0 Å². The smallest absolute Gasteiger partial charge is 0.425 e. The van der Waals surface area contributed by atoms with Crippen molar-refractivity contribution in [1.82, 2.24) is 0 Å². The minimum Gasteiger partial charge on any atom is -0.494 e. The number of halogens is 3. The number of rotatable bonds is 19. The zero-order chi connectivity index (χ0) is 32.7. The zero-order valence-corrected chi connectivity index (χ0v) is 26.3. The predicted octanol–water partition coefficient (Wildman–Crippen LogP) is 10.9. The van der Waals surface area contributed by atoms with Crippen LogP contribution < -0.4 is 4.74 Å². The van der Waals surface area contributed by atoms with Crippen molar-refractivity contribution in [2.75, 3.05) is 6.61 Å². The van der Waals surface area contributed by atoms with Crippen molar-refractivity contribution in [3.63, 3.8) is 0 Å². The van der Waals surface area contributed by atoms with Crippen LogP contribution in [0.4, 0.5) is 13.2 Å². The van der Waals surface area contributed by atoms with Crippen LogP contribution in [0.3, 0.4) is 0 Å². The van der Waals surface area contributed by atoms with E-state index in [4.69, 9.17) is 9.47 Å². The molecular weight excluding hydrogens is 581 g/mol. The van der Waals surface area contributed by atoms with E-state index in [9.17, 15) is 27.9 Å². The fourth-order valence-electron chi connectivity index (χ4n) is 5.18. The summed E-state index contributed by atoms with van der Waals surface area (Å²) in [6.07, 6.45) is 3.99. The molecule has 1 N–H and O–H groups in total. The first-order valence-corrected chi connectivity index (χ1v) is 16.1. The van der Waals surface area contributed by atoms with Crippen molar-refractivity contribution in [2.24, 2.45) is 0 Å². The van der Waals surface area contributed by atoms with Crippen molar-refractivity contribution in [3.05, 3.63) is 77.9 Å². The van der Waals surface area contributed by atoms with Gasteiger partial charge in [-0.3, -0.25) is 0 Å². The van der Waals surface area contributed by atoms with Crippen LogP contribution in [0, 0.1) is 0 Å². The van der Waals surface area contributed by atoms with Crippen LogP contribution in [0.15, 0.2) is 66.7 Å². The number of ether oxygens (including phenoxy) is 2. The summed E-state index contributed by atoms with van der Waals surface area (Å²) in [5.74, 6) is -1.39. The van der Waals surface area contributed by atoms with Gasteiger partial charge in [0.2, 0.25) is 0 Å². The van der Waals surface area contributed by atoms with E-state index in [1.807, 2.05) is 31.2 Å². The lowest BCUT2D eigenvalue weighted by molar-refractivity contribution is -0.206. The summed E-state index contributed by atoms with van der Waals surface area (Å²) in [6, 6.07) is 18.3. The van der Waals surface area contributed by atoms with Gasteiger partial charge in [0.1, 0.15) is 5.75 Å². The van der Waals surface area contributed by atoms with Crippen LogP contribution in [0.2, 0.25) is 0 Å². The zero-order valence-electron chi connectivity index (χ0n) is 26.3. The third-order valence-electron chi connectivity index (χ3n) is 7.81. The number of hydrogen-bond donors (Lipinski definition) is 1. The highest BCUT2D eigenvalue weighted by Gasteiger charge is 2.42. The Morgan fingerprint density at radius 1 is 0.689 bits per heavy atom. The Morgan fingerprint density at radius 2 is 1.22 bits per heavy atom. The van der Waals surface area contributed by atoms with Gasteiger partial charge in [-0.2, -0.15) is 13.2 Å². The van der Waals surface area contributed by atoms with E-state index in [2.05, 4.69) is 6.92 Å². The molecule has 1 atom stereocenters. The average molecular weight is 627 g/mol. The van der Waals surface area contributed by atoms with Gasteiger partial charge >= 0.3 is 18.1 Å². The Kier molecular flexibility index (Phi) is 14.4. The lowest BCUT2D eigenvalue weighted by Crippen LogP contribution is -2.33. The molecule has 0 saturated carbocycles. The number of carboxylic acid groups (broad SMARTS) is 1. The monoisotopic (exact) mass is 626 g/mol. The van der Waals surface area contributed by atoms with Crippen molar-refractivity contribution < 1.29 is 37.3 Å². The normalized spacial score (nSPS) is 12.1. The Bertz CT molecular complexity index is 1330. The van der Waals surface area contributed by atoms with Gasteiger partial charge in [-0.05, 0) is 77.9 Å². The molecule has 0 amide bonds. The summed E-state index contributed by atoms with van der Waals surface area (Å²) >= 11 is 0. The standard InChI is InChI=1S/C37H45F3O5/c1-3-5-7-9-10-11-13-25-44-31-22-19-27(20-23-31)32-24-21-30(35(41)42)26-33(32)28-15-17-29(18-16-28)36(43)45-34(37(38,39)40)14-12-8-6-4-2/h15-24,26,34H,3-14,25H2,1-2H3,(H,41,42). The van der Waals surface area contributed by atoms with Gasteiger partial charge < -0.3 is 14.6 Å². The second-order valence-electron chi connectivity index (χ2n) is 11.4. The van der Waals surface area contributed by atoms with Gasteiger partial charge in [-0.15, -0.1) is 0 Å². The molecule has 5 nitrogen and oxygen atoms in total. The molecule has 8 heteroatoms. The number of carbonyl (C=O) groups is 2. The molecule has 0 aliphatic carbocycles. The van der Waals surface area contributed by atoms with E-state index in [1.165, 1.54) is 50.3 Å². The summed E-state index contributed by atoms with van der Waals surface area (Å²) in [5, 5.41) is 9.62. The number of benzene rings is 3. The largest absolute Gasteiger partial charge is 0.494 e. The highest BCUT2D eigenvalue weighted by atomic mass is 19.4. The summed E-state index contributed by atoms with van der Waals surface area (Å²) < 4.78 is 51.4. The number of esters is 1. The van der Waals surface area contributed by atoms with E-state index >= 15 is 0 Å². The van der Waals surface area contributed by atoms with E-state index in [0.717, 1.165) is 42.6 Å². The number of carboxylic acids is 1. The summed E-state index contributed by atoms with van der Waals surface area (Å²) in [7, 11) is 0. The molecule has 3 aromatic rings. The van der Waals surface area contributed by atoms with Gasteiger partial charge in [-0.25, -0.2) is 9.59 Å². The number of unbranched alkanes of at least 4 members (excludes halogenated alkanes) is 9. The lowest BCUT2D eigenvalue weighted by Gasteiger charge is -2.21. The molecule has 0 spiro atoms. The molecule has 3 rings (SSSR count). The Labute approximate surface area is 264 Å². The Balaban J connectivity index is 1.72. The van der Waals surface area contributed by atoms with Crippen molar-refractivity contribution in [3.8, 4) is 28.0 Å². The van der Waals surface area contributed by atoms with Gasteiger partial charge in [-0.1, -0.05) is 102 Å². The molecule has 0 fully saturated rings. The number of alkyl halides is 3. The van der Waals surface area contributed by atoms with Crippen LogP contribution in [0.25, 0.3) is 22.3 Å². The first-order valence-electron chi connectivity index (χ1n) is 16.1. The van der Waals surface area contributed by atoms with Gasteiger partial charge in [0.05, 0.1) is 17.7 Å². The van der Waals surface area contributed by atoms with Crippen molar-refractivity contribution >= 4 is 11.9 Å². The van der Waals surface area contributed by atoms with Crippen LogP contribution in [-0.4, -0.2) is 35.9 Å².